The van der Waals surface area contributed by atoms with Crippen LogP contribution in [0.4, 0.5) is 0 Å². The van der Waals surface area contributed by atoms with Crippen LogP contribution in [0.15, 0.2) is 29.8 Å². The van der Waals surface area contributed by atoms with Crippen LogP contribution in [0.25, 0.3) is 10.4 Å². The standard InChI is InChI=1S/C32H46N4O6S/c1-21-28(43-20-34-21)23-15-13-22(14-16-23)18-33-30(40)25-17-24(37)19-36(25)31(41)29(32(2,3)4)35-26(38)11-9-7-6-8-10-12-27(39)42-5/h13-16,20,24-25,29,37H,6-12,17-19H2,1-5H3,(H,33,40)(H,35,38). The van der Waals surface area contributed by atoms with Crippen LogP contribution in [0, 0.1) is 12.3 Å². The van der Waals surface area contributed by atoms with Gasteiger partial charge in [0.05, 0.1) is 29.3 Å². The highest BCUT2D eigenvalue weighted by Gasteiger charge is 2.44. The number of aliphatic hydroxyl groups excluding tert-OH is 1. The predicted octanol–water partition coefficient (Wildman–Crippen LogP) is 4.13. The number of ether oxygens (including phenoxy) is 1. The first-order valence-corrected chi connectivity index (χ1v) is 15.9. The number of aryl methyl sites for hydroxylation is 1. The van der Waals surface area contributed by atoms with Crippen LogP contribution in [0.2, 0.25) is 0 Å². The number of hydrogen-bond acceptors (Lipinski definition) is 8. The third-order valence-corrected chi connectivity index (χ3v) is 8.70. The van der Waals surface area contributed by atoms with Gasteiger partial charge in [0.25, 0.3) is 0 Å². The molecule has 0 bridgehead atoms. The van der Waals surface area contributed by atoms with Gasteiger partial charge in [0.1, 0.15) is 12.1 Å². The van der Waals surface area contributed by atoms with Gasteiger partial charge < -0.3 is 25.4 Å². The maximum atomic E-state index is 13.7. The van der Waals surface area contributed by atoms with Crippen molar-refractivity contribution in [3.8, 4) is 10.4 Å². The molecule has 10 nitrogen and oxygen atoms in total. The Morgan fingerprint density at radius 1 is 1.07 bits per heavy atom. The largest absolute Gasteiger partial charge is 0.469 e. The van der Waals surface area contributed by atoms with E-state index >= 15 is 0 Å². The summed E-state index contributed by atoms with van der Waals surface area (Å²) in [5.74, 6) is -1.14. The first kappa shape index (κ1) is 34.2. The molecule has 1 aromatic carbocycles. The third kappa shape index (κ3) is 10.1. The van der Waals surface area contributed by atoms with E-state index in [0.29, 0.717) is 12.8 Å². The molecule has 1 aliphatic rings. The molecule has 3 atom stereocenters. The number of thiazole rings is 1. The second kappa shape index (κ2) is 16.0. The number of nitrogens with zero attached hydrogens (tertiary/aromatic N) is 2. The normalized spacial score (nSPS) is 17.4. The van der Waals surface area contributed by atoms with E-state index in [4.69, 9.17) is 0 Å². The number of carbonyl (C=O) groups excluding carboxylic acids is 4. The number of aromatic nitrogens is 1. The number of benzene rings is 1. The number of esters is 1. The van der Waals surface area contributed by atoms with E-state index in [1.165, 1.54) is 12.0 Å². The Morgan fingerprint density at radius 2 is 1.72 bits per heavy atom. The highest BCUT2D eigenvalue weighted by Crippen LogP contribution is 2.28. The molecule has 1 fully saturated rings. The lowest BCUT2D eigenvalue weighted by molar-refractivity contribution is -0.144. The molecule has 3 rings (SSSR count). The summed E-state index contributed by atoms with van der Waals surface area (Å²) in [6.45, 7) is 7.91. The van der Waals surface area contributed by atoms with Crippen molar-refractivity contribution in [2.75, 3.05) is 13.7 Å². The molecule has 0 saturated carbocycles. The second-order valence-electron chi connectivity index (χ2n) is 12.3. The fourth-order valence-corrected chi connectivity index (χ4v) is 6.01. The van der Waals surface area contributed by atoms with Gasteiger partial charge in [0, 0.05) is 32.4 Å². The van der Waals surface area contributed by atoms with E-state index in [-0.39, 0.29) is 49.6 Å². The molecule has 3 amide bonds. The van der Waals surface area contributed by atoms with Crippen LogP contribution < -0.4 is 10.6 Å². The minimum absolute atomic E-state index is 0.0356. The molecule has 0 radical (unpaired) electrons. The Morgan fingerprint density at radius 3 is 2.33 bits per heavy atom. The summed E-state index contributed by atoms with van der Waals surface area (Å²) in [6.07, 6.45) is 4.07. The van der Waals surface area contributed by atoms with Crippen LogP contribution in [0.5, 0.6) is 0 Å². The van der Waals surface area contributed by atoms with Crippen molar-refractivity contribution in [1.82, 2.24) is 20.5 Å². The number of nitrogens with one attached hydrogen (secondary N) is 2. The lowest BCUT2D eigenvalue weighted by atomic mass is 9.85. The molecule has 3 unspecified atom stereocenters. The molecular weight excluding hydrogens is 568 g/mol. The summed E-state index contributed by atoms with van der Waals surface area (Å²) in [6, 6.07) is 6.23. The third-order valence-electron chi connectivity index (χ3n) is 7.72. The van der Waals surface area contributed by atoms with Crippen molar-refractivity contribution in [3.05, 3.63) is 41.0 Å². The zero-order valence-electron chi connectivity index (χ0n) is 26.0. The highest BCUT2D eigenvalue weighted by molar-refractivity contribution is 7.13. The van der Waals surface area contributed by atoms with Crippen molar-refractivity contribution in [3.63, 3.8) is 0 Å². The van der Waals surface area contributed by atoms with Gasteiger partial charge >= 0.3 is 5.97 Å². The smallest absolute Gasteiger partial charge is 0.305 e. The van der Waals surface area contributed by atoms with Crippen LogP contribution in [-0.2, 0) is 30.5 Å². The molecule has 3 N–H and O–H groups in total. The van der Waals surface area contributed by atoms with Crippen molar-refractivity contribution in [2.45, 2.75) is 104 Å². The maximum absolute atomic E-state index is 13.7. The lowest BCUT2D eigenvalue weighted by Gasteiger charge is -2.35. The fourth-order valence-electron chi connectivity index (χ4n) is 5.20. The first-order valence-electron chi connectivity index (χ1n) is 15.0. The molecule has 236 valence electrons. The molecule has 43 heavy (non-hydrogen) atoms. The van der Waals surface area contributed by atoms with Gasteiger partial charge in [-0.15, -0.1) is 11.3 Å². The molecule has 0 aliphatic carbocycles. The van der Waals surface area contributed by atoms with Crippen molar-refractivity contribution < 1.29 is 29.0 Å². The van der Waals surface area contributed by atoms with Gasteiger partial charge in [0.2, 0.25) is 17.7 Å². The molecule has 0 spiro atoms. The number of rotatable bonds is 14. The first-order chi connectivity index (χ1) is 20.4. The molecular formula is C32H46N4O6S. The Hall–Kier alpha value is -3.31. The summed E-state index contributed by atoms with van der Waals surface area (Å²) < 4.78 is 4.64. The van der Waals surface area contributed by atoms with E-state index in [1.807, 2.05) is 57.5 Å². The van der Waals surface area contributed by atoms with E-state index in [1.54, 1.807) is 11.3 Å². The number of methoxy groups -OCH3 is 1. The fraction of sp³-hybridized carbons (Fsp3) is 0.594. The van der Waals surface area contributed by atoms with E-state index in [9.17, 15) is 24.3 Å². The predicted molar refractivity (Wildman–Crippen MR) is 166 cm³/mol. The summed E-state index contributed by atoms with van der Waals surface area (Å²) in [5.41, 5.74) is 4.17. The Kier molecular flexibility index (Phi) is 12.7. The average Bonchev–Trinajstić information content (AvgIpc) is 3.58. The molecule has 1 aromatic heterocycles. The number of hydrogen-bond donors (Lipinski definition) is 3. The van der Waals surface area contributed by atoms with Gasteiger partial charge in [-0.05, 0) is 36.3 Å². The van der Waals surface area contributed by atoms with Crippen LogP contribution in [0.1, 0.15) is 83.4 Å². The van der Waals surface area contributed by atoms with E-state index in [2.05, 4.69) is 20.4 Å². The van der Waals surface area contributed by atoms with E-state index < -0.39 is 23.6 Å². The molecule has 2 heterocycles. The Balaban J connectivity index is 1.53. The summed E-state index contributed by atoms with van der Waals surface area (Å²) in [4.78, 5) is 57.8. The number of β-amino-alcohol motifs (C(OH)–C–C–N with tert-alkyl or cyclic N) is 1. The van der Waals surface area contributed by atoms with E-state index in [0.717, 1.165) is 47.4 Å². The number of likely N-dealkylation sites (tertiary alicyclic amines) is 1. The van der Waals surface area contributed by atoms with Crippen LogP contribution in [0.3, 0.4) is 0 Å². The zero-order valence-corrected chi connectivity index (χ0v) is 26.8. The van der Waals surface area contributed by atoms with Crippen molar-refractivity contribution >= 4 is 35.0 Å². The second-order valence-corrected chi connectivity index (χ2v) is 13.1. The maximum Gasteiger partial charge on any atom is 0.305 e. The summed E-state index contributed by atoms with van der Waals surface area (Å²) in [7, 11) is 1.38. The topological polar surface area (TPSA) is 138 Å². The monoisotopic (exact) mass is 614 g/mol. The van der Waals surface area contributed by atoms with Gasteiger partial charge in [-0.1, -0.05) is 64.3 Å². The summed E-state index contributed by atoms with van der Waals surface area (Å²) in [5, 5.41) is 16.2. The summed E-state index contributed by atoms with van der Waals surface area (Å²) >= 11 is 1.58. The highest BCUT2D eigenvalue weighted by atomic mass is 32.1. The molecule has 1 aliphatic heterocycles. The molecule has 2 aromatic rings. The Labute approximate surface area is 258 Å². The average molecular weight is 615 g/mol. The lowest BCUT2D eigenvalue weighted by Crippen LogP contribution is -2.57. The number of aliphatic hydroxyl groups is 1. The van der Waals surface area contributed by atoms with Crippen molar-refractivity contribution in [1.29, 1.82) is 0 Å². The van der Waals surface area contributed by atoms with Crippen molar-refractivity contribution in [2.24, 2.45) is 5.41 Å². The van der Waals surface area contributed by atoms with Gasteiger partial charge in [-0.25, -0.2) is 4.98 Å². The van der Waals surface area contributed by atoms with Gasteiger partial charge in [-0.2, -0.15) is 0 Å². The molecule has 1 saturated heterocycles. The van der Waals surface area contributed by atoms with Crippen LogP contribution >= 0.6 is 11.3 Å². The number of carbonyl (C=O) groups is 4. The minimum Gasteiger partial charge on any atom is -0.469 e. The van der Waals surface area contributed by atoms with Gasteiger partial charge in [-0.3, -0.25) is 19.2 Å². The molecule has 11 heteroatoms. The Bertz CT molecular complexity index is 1240. The SMILES string of the molecule is COC(=O)CCCCCCCC(=O)NC(C(=O)N1CC(O)CC1C(=O)NCc1ccc(-c2scnc2C)cc1)C(C)(C)C. The quantitative estimate of drug-likeness (QED) is 0.215. The number of amides is 3. The zero-order chi connectivity index (χ0) is 31.6. The van der Waals surface area contributed by atoms with Gasteiger partial charge in [0.15, 0.2) is 0 Å². The minimum atomic E-state index is -0.844. The number of unbranched alkanes of at least 4 members (excludes halogenated alkanes) is 4. The van der Waals surface area contributed by atoms with Crippen LogP contribution in [-0.4, -0.2) is 70.5 Å².